The fourth-order valence-corrected chi connectivity index (χ4v) is 2.24. The van der Waals surface area contributed by atoms with Crippen molar-refractivity contribution in [1.29, 1.82) is 0 Å². The molecule has 0 N–H and O–H groups in total. The minimum atomic E-state index is -10.1. The Labute approximate surface area is 197 Å². The van der Waals surface area contributed by atoms with Gasteiger partial charge in [-0.3, -0.25) is 0 Å². The summed E-state index contributed by atoms with van der Waals surface area (Å²) < 4.78 is 350. The van der Waals surface area contributed by atoms with Crippen molar-refractivity contribution < 1.29 is 119 Å². The average Bonchev–Trinajstić information content (AvgIpc) is 2.62. The second kappa shape index (κ2) is 9.03. The summed E-state index contributed by atoms with van der Waals surface area (Å²) in [7, 11) is 0. The van der Waals surface area contributed by atoms with Crippen LogP contribution in [-0.2, 0) is 0 Å². The predicted octanol–water partition coefficient (Wildman–Crippen LogP) is 8.57. The number of halogens is 27. The Morgan fingerprint density at radius 3 is 0.650 bits per heavy atom. The summed E-state index contributed by atoms with van der Waals surface area (Å²) in [5, 5.41) is 0. The van der Waals surface area contributed by atoms with Gasteiger partial charge in [-0.05, 0) is 0 Å². The van der Waals surface area contributed by atoms with Gasteiger partial charge >= 0.3 is 72.2 Å². The summed E-state index contributed by atoms with van der Waals surface area (Å²) in [6, 6.07) is -18.4. The highest BCUT2D eigenvalue weighted by molar-refractivity contribution is 5.18. The van der Waals surface area contributed by atoms with E-state index < -0.39 is 77.1 Å². The second-order valence-corrected chi connectivity index (χ2v) is 6.90. The van der Waals surface area contributed by atoms with Gasteiger partial charge < -0.3 is 0 Å². The maximum Gasteiger partial charge on any atom is 0.469 e. The zero-order chi connectivity index (χ0) is 33.6. The molecule has 0 heterocycles. The predicted molar refractivity (Wildman–Crippen MR) is 64.5 cm³/mol. The number of hydrogen-bond donors (Lipinski definition) is 0. The summed E-state index contributed by atoms with van der Waals surface area (Å²) >= 11 is 0. The molecule has 0 bridgehead atoms. The molecule has 0 rings (SSSR count). The monoisotopic (exact) mass is 671 g/mol. The minimum Gasteiger partial charge on any atom is -0.208 e. The van der Waals surface area contributed by atoms with Crippen molar-refractivity contribution in [1.82, 2.24) is 4.90 Å². The van der Waals surface area contributed by atoms with Gasteiger partial charge in [0.15, 0.2) is 0 Å². The Bertz CT molecular complexity index is 884. The molecule has 0 aromatic rings. The molecule has 1 atom stereocenters. The van der Waals surface area contributed by atoms with E-state index in [2.05, 4.69) is 0 Å². The van der Waals surface area contributed by atoms with Crippen molar-refractivity contribution in [2.75, 3.05) is 0 Å². The highest BCUT2D eigenvalue weighted by Gasteiger charge is 2.99. The molecule has 0 fully saturated rings. The first-order valence-electron chi connectivity index (χ1n) is 8.02. The summed E-state index contributed by atoms with van der Waals surface area (Å²) in [6.45, 7) is 0. The smallest absolute Gasteiger partial charge is 0.208 e. The van der Waals surface area contributed by atoms with Gasteiger partial charge in [0, 0.05) is 0 Å². The number of hydrogen-bond acceptors (Lipinski definition) is 1. The topological polar surface area (TPSA) is 3.24 Å². The van der Waals surface area contributed by atoms with Gasteiger partial charge in [0.1, 0.15) is 0 Å². The first kappa shape index (κ1) is 38.1. The van der Waals surface area contributed by atoms with Gasteiger partial charge in [-0.2, -0.15) is 114 Å². The molecule has 0 aromatic carbocycles. The Kier molecular flexibility index (Phi) is 8.60. The Hall–Kier alpha value is -1.93. The van der Waals surface area contributed by atoms with Crippen LogP contribution in [0.1, 0.15) is 0 Å². The Morgan fingerprint density at radius 2 is 0.450 bits per heavy atom. The molecule has 0 aliphatic carbocycles. The van der Waals surface area contributed by atoms with Crippen LogP contribution in [0.2, 0.25) is 0 Å². The van der Waals surface area contributed by atoms with Gasteiger partial charge in [-0.25, -0.2) is 4.39 Å². The molecule has 0 saturated heterocycles. The lowest BCUT2D eigenvalue weighted by atomic mass is 9.87. The van der Waals surface area contributed by atoms with Crippen molar-refractivity contribution in [3.63, 3.8) is 0 Å². The van der Waals surface area contributed by atoms with Crippen LogP contribution in [0.5, 0.6) is 0 Å². The summed E-state index contributed by atoms with van der Waals surface area (Å²) in [4.78, 5) is -5.91. The first-order chi connectivity index (χ1) is 16.6. The molecule has 0 aliphatic heterocycles. The largest absolute Gasteiger partial charge is 0.469 e. The fourth-order valence-electron chi connectivity index (χ4n) is 2.24. The van der Waals surface area contributed by atoms with Gasteiger partial charge in [0.25, 0.3) is 0 Å². The van der Waals surface area contributed by atoms with Crippen molar-refractivity contribution in [3.8, 4) is 0 Å². The molecule has 0 saturated carbocycles. The summed E-state index contributed by atoms with van der Waals surface area (Å²) in [5.74, 6) is -57.9. The zero-order valence-corrected chi connectivity index (χ0v) is 16.7. The van der Waals surface area contributed by atoms with Crippen molar-refractivity contribution >= 4 is 0 Å². The van der Waals surface area contributed by atoms with E-state index in [9.17, 15) is 119 Å². The fraction of sp³-hybridized carbons (Fsp3) is 1.00. The number of alkyl halides is 27. The van der Waals surface area contributed by atoms with Crippen LogP contribution in [0.15, 0.2) is 0 Å². The van der Waals surface area contributed by atoms with Crippen LogP contribution in [-0.4, -0.2) is 77.1 Å². The third kappa shape index (κ3) is 4.71. The molecule has 0 spiro atoms. The Morgan fingerprint density at radius 1 is 0.225 bits per heavy atom. The maximum absolute atomic E-state index is 14.4. The highest BCUT2D eigenvalue weighted by atomic mass is 19.5. The van der Waals surface area contributed by atoms with Crippen LogP contribution in [0.25, 0.3) is 0 Å². The van der Waals surface area contributed by atoms with Crippen molar-refractivity contribution in [2.24, 2.45) is 0 Å². The molecule has 1 unspecified atom stereocenters. The third-order valence-corrected chi connectivity index (χ3v) is 4.28. The second-order valence-electron chi connectivity index (χ2n) is 6.90. The van der Waals surface area contributed by atoms with E-state index in [1.165, 1.54) is 0 Å². The van der Waals surface area contributed by atoms with Crippen LogP contribution in [0.3, 0.4) is 0 Å². The molecule has 40 heavy (non-hydrogen) atoms. The lowest BCUT2D eigenvalue weighted by molar-refractivity contribution is -0.528. The zero-order valence-electron chi connectivity index (χ0n) is 16.7. The molecule has 0 aromatic heterocycles. The molecular weight excluding hydrogens is 671 g/mol. The van der Waals surface area contributed by atoms with Gasteiger partial charge in [0.2, 0.25) is 0 Å². The first-order valence-corrected chi connectivity index (χ1v) is 8.02. The van der Waals surface area contributed by atoms with Crippen LogP contribution >= 0.6 is 0 Å². The van der Waals surface area contributed by atoms with Gasteiger partial charge in [0.05, 0.1) is 0 Å². The molecule has 0 aliphatic rings. The van der Waals surface area contributed by atoms with E-state index in [1.807, 2.05) is 0 Å². The SMILES string of the molecule is FC(F)(F)C(F)(F)N(C(F)(F)C(F)(F)F)C(F)(C(F)(F)F)C(F)(F)C(F)(F)C(F)(F)C(F)(F)C(F)(F)C(F)(F)F. The van der Waals surface area contributed by atoms with E-state index in [-0.39, 0.29) is 0 Å². The van der Waals surface area contributed by atoms with Crippen LogP contribution < -0.4 is 0 Å². The quantitative estimate of drug-likeness (QED) is 0.185. The van der Waals surface area contributed by atoms with E-state index in [1.54, 1.807) is 0 Å². The molecule has 28 heteroatoms. The molecule has 0 radical (unpaired) electrons. The average molecular weight is 671 g/mol. The maximum atomic E-state index is 14.4. The van der Waals surface area contributed by atoms with E-state index >= 15 is 0 Å². The summed E-state index contributed by atoms with van der Waals surface area (Å²) in [6.07, 6.45) is -35.0. The van der Waals surface area contributed by atoms with E-state index in [4.69, 9.17) is 0 Å². The standard InChI is InChI=1S/C12F27N/c13-1(14,3(17,18)5(21,22)7(24,25)26)2(15,16)4(19,20)6(23,8(27,28)29)40(11(36,37)9(30,31)32)12(38,39)10(33,34)35. The van der Waals surface area contributed by atoms with Gasteiger partial charge in [-0.1, -0.05) is 0 Å². The lowest BCUT2D eigenvalue weighted by Gasteiger charge is -2.50. The third-order valence-electron chi connectivity index (χ3n) is 4.28. The lowest BCUT2D eigenvalue weighted by Crippen LogP contribution is -2.83. The van der Waals surface area contributed by atoms with Crippen LogP contribution in [0, 0.1) is 0 Å². The summed E-state index contributed by atoms with van der Waals surface area (Å²) in [5.41, 5.74) is 0. The molecular formula is C12F27N. The molecule has 1 nitrogen and oxygen atoms in total. The Balaban J connectivity index is 8.19. The number of rotatable bonds is 8. The normalized spacial score (nSPS) is 18.3. The van der Waals surface area contributed by atoms with Crippen molar-refractivity contribution in [3.05, 3.63) is 0 Å². The van der Waals surface area contributed by atoms with Crippen molar-refractivity contribution in [2.45, 2.75) is 72.2 Å². The van der Waals surface area contributed by atoms with Gasteiger partial charge in [-0.15, -0.1) is 4.90 Å². The molecule has 242 valence electrons. The van der Waals surface area contributed by atoms with E-state index in [0.29, 0.717) is 0 Å². The van der Waals surface area contributed by atoms with E-state index in [0.717, 1.165) is 0 Å². The van der Waals surface area contributed by atoms with Crippen LogP contribution in [0.4, 0.5) is 119 Å². The highest BCUT2D eigenvalue weighted by Crippen LogP contribution is 2.67. The minimum absolute atomic E-state index is 5.91. The molecule has 0 amide bonds. The number of nitrogens with zero attached hydrogens (tertiary/aromatic N) is 1.